The summed E-state index contributed by atoms with van der Waals surface area (Å²) < 4.78 is 13.7. The summed E-state index contributed by atoms with van der Waals surface area (Å²) >= 11 is 0. The van der Waals surface area contributed by atoms with E-state index in [9.17, 15) is 9.18 Å². The Morgan fingerprint density at radius 1 is 1.60 bits per heavy atom. The third-order valence-electron chi connectivity index (χ3n) is 2.27. The van der Waals surface area contributed by atoms with Crippen LogP contribution in [-0.2, 0) is 4.79 Å². The molecule has 1 aromatic carbocycles. The standard InChI is InChI=1S/C12H14FNO/c1-3-14-7-10(8-15)11-6-4-5-9(2)12(11)13/h3-6,8,10,14H,1,7H2,2H3. The van der Waals surface area contributed by atoms with Gasteiger partial charge in [0.1, 0.15) is 12.1 Å². The molecule has 1 atom stereocenters. The number of carbonyl (C=O) groups is 1. The van der Waals surface area contributed by atoms with E-state index in [1.54, 1.807) is 25.1 Å². The topological polar surface area (TPSA) is 29.1 Å². The fourth-order valence-electron chi connectivity index (χ4n) is 1.40. The fraction of sp³-hybridized carbons (Fsp3) is 0.250. The highest BCUT2D eigenvalue weighted by Crippen LogP contribution is 2.19. The Hall–Kier alpha value is -1.64. The van der Waals surface area contributed by atoms with E-state index >= 15 is 0 Å². The van der Waals surface area contributed by atoms with Gasteiger partial charge in [-0.05, 0) is 18.7 Å². The molecule has 0 spiro atoms. The van der Waals surface area contributed by atoms with Gasteiger partial charge in [0.2, 0.25) is 0 Å². The van der Waals surface area contributed by atoms with Crippen molar-refractivity contribution < 1.29 is 9.18 Å². The molecule has 0 radical (unpaired) electrons. The van der Waals surface area contributed by atoms with Gasteiger partial charge in [0, 0.05) is 12.1 Å². The maximum Gasteiger partial charge on any atom is 0.130 e. The normalized spacial score (nSPS) is 11.9. The van der Waals surface area contributed by atoms with E-state index in [1.165, 1.54) is 6.20 Å². The fourth-order valence-corrected chi connectivity index (χ4v) is 1.40. The van der Waals surface area contributed by atoms with Crippen molar-refractivity contribution >= 4 is 6.29 Å². The van der Waals surface area contributed by atoms with Gasteiger partial charge in [0.15, 0.2) is 0 Å². The maximum absolute atomic E-state index is 13.7. The smallest absolute Gasteiger partial charge is 0.130 e. The van der Waals surface area contributed by atoms with Gasteiger partial charge in [-0.1, -0.05) is 24.8 Å². The van der Waals surface area contributed by atoms with Gasteiger partial charge < -0.3 is 10.1 Å². The van der Waals surface area contributed by atoms with Crippen molar-refractivity contribution in [3.8, 4) is 0 Å². The second kappa shape index (κ2) is 5.29. The highest BCUT2D eigenvalue weighted by atomic mass is 19.1. The first-order valence-corrected chi connectivity index (χ1v) is 4.75. The Morgan fingerprint density at radius 3 is 2.93 bits per heavy atom. The molecule has 0 fully saturated rings. The van der Waals surface area contributed by atoms with Crippen molar-refractivity contribution in [3.05, 3.63) is 47.9 Å². The van der Waals surface area contributed by atoms with Crippen LogP contribution in [0, 0.1) is 12.7 Å². The first-order valence-electron chi connectivity index (χ1n) is 4.75. The molecular formula is C12H14FNO. The Labute approximate surface area is 88.8 Å². The molecule has 0 aliphatic carbocycles. The Bertz CT molecular complexity index is 363. The minimum Gasteiger partial charge on any atom is -0.390 e. The zero-order chi connectivity index (χ0) is 11.3. The van der Waals surface area contributed by atoms with E-state index in [-0.39, 0.29) is 5.82 Å². The van der Waals surface area contributed by atoms with E-state index in [4.69, 9.17) is 0 Å². The van der Waals surface area contributed by atoms with Crippen LogP contribution in [0.4, 0.5) is 4.39 Å². The third kappa shape index (κ3) is 2.65. The van der Waals surface area contributed by atoms with Gasteiger partial charge in [0.25, 0.3) is 0 Å². The van der Waals surface area contributed by atoms with E-state index in [0.717, 1.165) is 6.29 Å². The molecule has 1 aromatic rings. The molecule has 0 saturated carbocycles. The summed E-state index contributed by atoms with van der Waals surface area (Å²) in [6.07, 6.45) is 2.23. The summed E-state index contributed by atoms with van der Waals surface area (Å²) in [6, 6.07) is 5.06. The largest absolute Gasteiger partial charge is 0.390 e. The van der Waals surface area contributed by atoms with Crippen LogP contribution < -0.4 is 5.32 Å². The quantitative estimate of drug-likeness (QED) is 0.749. The number of halogens is 1. The van der Waals surface area contributed by atoms with Crippen LogP contribution in [0.2, 0.25) is 0 Å². The lowest BCUT2D eigenvalue weighted by Gasteiger charge is -2.12. The number of rotatable bonds is 5. The molecule has 1 rings (SSSR count). The van der Waals surface area contributed by atoms with Crippen LogP contribution in [0.15, 0.2) is 31.0 Å². The molecule has 0 aliphatic heterocycles. The predicted octanol–water partition coefficient (Wildman–Crippen LogP) is 2.15. The van der Waals surface area contributed by atoms with Crippen LogP contribution in [0.5, 0.6) is 0 Å². The Morgan fingerprint density at radius 2 is 2.33 bits per heavy atom. The first kappa shape index (κ1) is 11.4. The summed E-state index contributed by atoms with van der Waals surface area (Å²) in [5, 5.41) is 2.81. The highest BCUT2D eigenvalue weighted by molar-refractivity contribution is 5.63. The maximum atomic E-state index is 13.7. The van der Waals surface area contributed by atoms with Crippen molar-refractivity contribution in [2.45, 2.75) is 12.8 Å². The summed E-state index contributed by atoms with van der Waals surface area (Å²) in [6.45, 7) is 5.53. The SMILES string of the molecule is C=CNCC(C=O)c1cccc(C)c1F. The predicted molar refractivity (Wildman–Crippen MR) is 58.1 cm³/mol. The molecule has 0 saturated heterocycles. The molecule has 0 aliphatic rings. The summed E-state index contributed by atoms with van der Waals surface area (Å²) in [5.41, 5.74) is 0.984. The zero-order valence-corrected chi connectivity index (χ0v) is 8.66. The monoisotopic (exact) mass is 207 g/mol. The van der Waals surface area contributed by atoms with E-state index in [2.05, 4.69) is 11.9 Å². The van der Waals surface area contributed by atoms with Crippen LogP contribution in [0.1, 0.15) is 17.0 Å². The van der Waals surface area contributed by atoms with Gasteiger partial charge in [-0.2, -0.15) is 0 Å². The number of hydrogen-bond donors (Lipinski definition) is 1. The lowest BCUT2D eigenvalue weighted by atomic mass is 9.98. The lowest BCUT2D eigenvalue weighted by molar-refractivity contribution is -0.109. The van der Waals surface area contributed by atoms with E-state index in [1.807, 2.05) is 0 Å². The molecule has 15 heavy (non-hydrogen) atoms. The number of aldehydes is 1. The van der Waals surface area contributed by atoms with Gasteiger partial charge in [-0.15, -0.1) is 0 Å². The van der Waals surface area contributed by atoms with Crippen LogP contribution in [0.3, 0.4) is 0 Å². The number of carbonyl (C=O) groups excluding carboxylic acids is 1. The van der Waals surface area contributed by atoms with Crippen molar-refractivity contribution in [3.63, 3.8) is 0 Å². The van der Waals surface area contributed by atoms with Crippen LogP contribution in [-0.4, -0.2) is 12.8 Å². The second-order valence-electron chi connectivity index (χ2n) is 3.33. The molecular weight excluding hydrogens is 193 g/mol. The molecule has 1 N–H and O–H groups in total. The third-order valence-corrected chi connectivity index (χ3v) is 2.27. The minimum absolute atomic E-state index is 0.305. The molecule has 0 aromatic heterocycles. The minimum atomic E-state index is -0.470. The molecule has 0 amide bonds. The average Bonchev–Trinajstić information content (AvgIpc) is 2.25. The van der Waals surface area contributed by atoms with Crippen molar-refractivity contribution in [1.29, 1.82) is 0 Å². The molecule has 0 heterocycles. The van der Waals surface area contributed by atoms with E-state index in [0.29, 0.717) is 17.7 Å². The number of benzene rings is 1. The van der Waals surface area contributed by atoms with Crippen molar-refractivity contribution in [2.24, 2.45) is 0 Å². The van der Waals surface area contributed by atoms with Crippen LogP contribution >= 0.6 is 0 Å². The molecule has 1 unspecified atom stereocenters. The molecule has 3 heteroatoms. The average molecular weight is 207 g/mol. The first-order chi connectivity index (χ1) is 7.20. The zero-order valence-electron chi connectivity index (χ0n) is 8.66. The van der Waals surface area contributed by atoms with Crippen molar-refractivity contribution in [2.75, 3.05) is 6.54 Å². The number of nitrogens with one attached hydrogen (secondary N) is 1. The molecule has 80 valence electrons. The Kier molecular flexibility index (Phi) is 4.03. The lowest BCUT2D eigenvalue weighted by Crippen LogP contribution is -2.18. The number of hydrogen-bond acceptors (Lipinski definition) is 2. The second-order valence-corrected chi connectivity index (χ2v) is 3.33. The van der Waals surface area contributed by atoms with Crippen LogP contribution in [0.25, 0.3) is 0 Å². The summed E-state index contributed by atoms with van der Waals surface area (Å²) in [7, 11) is 0. The van der Waals surface area contributed by atoms with Gasteiger partial charge in [-0.3, -0.25) is 0 Å². The number of aryl methyl sites for hydroxylation is 1. The Balaban J connectivity index is 2.95. The highest BCUT2D eigenvalue weighted by Gasteiger charge is 2.15. The van der Waals surface area contributed by atoms with Crippen molar-refractivity contribution in [1.82, 2.24) is 5.32 Å². The van der Waals surface area contributed by atoms with Gasteiger partial charge >= 0.3 is 0 Å². The summed E-state index contributed by atoms with van der Waals surface area (Å²) in [4.78, 5) is 10.8. The van der Waals surface area contributed by atoms with E-state index < -0.39 is 5.92 Å². The van der Waals surface area contributed by atoms with Gasteiger partial charge in [0.05, 0.1) is 5.92 Å². The molecule has 0 bridgehead atoms. The van der Waals surface area contributed by atoms with Gasteiger partial charge in [-0.25, -0.2) is 4.39 Å². The summed E-state index contributed by atoms with van der Waals surface area (Å²) in [5.74, 6) is -0.775. The molecule has 2 nitrogen and oxygen atoms in total.